The number of carboxylic acids is 1. The first-order valence-electron chi connectivity index (χ1n) is 6.07. The average Bonchev–Trinajstić information content (AvgIpc) is 2.84. The molecule has 0 aromatic heterocycles. The van der Waals surface area contributed by atoms with Crippen LogP contribution in [0.4, 0.5) is 0 Å². The first kappa shape index (κ1) is 15.9. The standard InChI is InChI=1S/C13H13Br2NO3S/c1-2-11-16(10(6-20-11)13(18)19)12(17)8-5-7(14)3-4-9(8)15/h3-5,10-11H,2,6H2,1H3,(H,18,19). The Morgan fingerprint density at radius 1 is 1.45 bits per heavy atom. The molecule has 7 heteroatoms. The minimum absolute atomic E-state index is 0.0884. The van der Waals surface area contributed by atoms with E-state index in [1.165, 1.54) is 16.7 Å². The van der Waals surface area contributed by atoms with Gasteiger partial charge in [-0.05, 0) is 40.5 Å². The van der Waals surface area contributed by atoms with E-state index in [4.69, 9.17) is 0 Å². The summed E-state index contributed by atoms with van der Waals surface area (Å²) in [5, 5.41) is 9.20. The van der Waals surface area contributed by atoms with E-state index in [2.05, 4.69) is 31.9 Å². The first-order chi connectivity index (χ1) is 9.45. The lowest BCUT2D eigenvalue weighted by Gasteiger charge is -2.27. The molecule has 4 nitrogen and oxygen atoms in total. The summed E-state index contributed by atoms with van der Waals surface area (Å²) in [6.07, 6.45) is 0.728. The van der Waals surface area contributed by atoms with Gasteiger partial charge >= 0.3 is 5.97 Å². The van der Waals surface area contributed by atoms with Crippen molar-refractivity contribution in [2.45, 2.75) is 24.8 Å². The molecule has 0 aliphatic carbocycles. The molecule has 0 spiro atoms. The van der Waals surface area contributed by atoms with E-state index in [1.54, 1.807) is 12.1 Å². The predicted molar refractivity (Wildman–Crippen MR) is 86.0 cm³/mol. The van der Waals surface area contributed by atoms with Crippen LogP contribution in [-0.2, 0) is 4.79 Å². The summed E-state index contributed by atoms with van der Waals surface area (Å²) in [4.78, 5) is 25.5. The average molecular weight is 423 g/mol. The second-order valence-electron chi connectivity index (χ2n) is 4.39. The molecule has 2 atom stereocenters. The van der Waals surface area contributed by atoms with E-state index in [9.17, 15) is 14.7 Å². The number of carbonyl (C=O) groups is 2. The maximum atomic E-state index is 12.7. The zero-order valence-electron chi connectivity index (χ0n) is 10.7. The molecule has 1 heterocycles. The molecule has 1 saturated heterocycles. The molecule has 108 valence electrons. The van der Waals surface area contributed by atoms with E-state index >= 15 is 0 Å². The maximum Gasteiger partial charge on any atom is 0.327 e. The van der Waals surface area contributed by atoms with Gasteiger partial charge in [-0.25, -0.2) is 4.79 Å². The third kappa shape index (κ3) is 3.04. The van der Waals surface area contributed by atoms with Crippen LogP contribution in [-0.4, -0.2) is 39.1 Å². The zero-order chi connectivity index (χ0) is 14.9. The number of hydrogen-bond acceptors (Lipinski definition) is 3. The van der Waals surface area contributed by atoms with E-state index in [-0.39, 0.29) is 11.3 Å². The van der Waals surface area contributed by atoms with Gasteiger partial charge in [0.2, 0.25) is 0 Å². The van der Waals surface area contributed by atoms with Gasteiger partial charge in [0.1, 0.15) is 6.04 Å². The summed E-state index contributed by atoms with van der Waals surface area (Å²) in [5.74, 6) is -0.763. The Morgan fingerprint density at radius 2 is 2.15 bits per heavy atom. The first-order valence-corrected chi connectivity index (χ1v) is 8.71. The Kier molecular flexibility index (Phi) is 5.14. The van der Waals surface area contributed by atoms with Gasteiger partial charge in [0.15, 0.2) is 0 Å². The molecule has 1 fully saturated rings. The molecule has 1 amide bonds. The molecule has 20 heavy (non-hydrogen) atoms. The third-order valence-electron chi connectivity index (χ3n) is 3.12. The van der Waals surface area contributed by atoms with Gasteiger partial charge in [-0.15, -0.1) is 11.8 Å². The van der Waals surface area contributed by atoms with Crippen molar-refractivity contribution in [2.24, 2.45) is 0 Å². The van der Waals surface area contributed by atoms with Gasteiger partial charge in [-0.1, -0.05) is 22.9 Å². The molecule has 0 radical (unpaired) electrons. The van der Waals surface area contributed by atoms with Gasteiger partial charge < -0.3 is 10.0 Å². The fraction of sp³-hybridized carbons (Fsp3) is 0.385. The fourth-order valence-corrected chi connectivity index (χ4v) is 4.27. The lowest BCUT2D eigenvalue weighted by Crippen LogP contribution is -2.45. The van der Waals surface area contributed by atoms with Crippen molar-refractivity contribution in [1.82, 2.24) is 4.90 Å². The number of carboxylic acid groups (broad SMARTS) is 1. The summed E-state index contributed by atoms with van der Waals surface area (Å²) in [6.45, 7) is 1.96. The van der Waals surface area contributed by atoms with Crippen LogP contribution in [0.2, 0.25) is 0 Å². The number of halogens is 2. The van der Waals surface area contributed by atoms with Gasteiger partial charge in [0.25, 0.3) is 5.91 Å². The van der Waals surface area contributed by atoms with E-state index in [1.807, 2.05) is 13.0 Å². The summed E-state index contributed by atoms with van der Waals surface area (Å²) < 4.78 is 1.46. The van der Waals surface area contributed by atoms with Crippen LogP contribution in [0, 0.1) is 0 Å². The molecular weight excluding hydrogens is 410 g/mol. The number of hydrogen-bond donors (Lipinski definition) is 1. The maximum absolute atomic E-state index is 12.7. The topological polar surface area (TPSA) is 57.6 Å². The zero-order valence-corrected chi connectivity index (χ0v) is 14.7. The normalized spacial score (nSPS) is 22.1. The Bertz CT molecular complexity index is 552. The quantitative estimate of drug-likeness (QED) is 0.808. The molecule has 0 saturated carbocycles. The Morgan fingerprint density at radius 3 is 2.75 bits per heavy atom. The fourth-order valence-electron chi connectivity index (χ4n) is 2.14. The van der Waals surface area contributed by atoms with Crippen molar-refractivity contribution in [3.05, 3.63) is 32.7 Å². The molecule has 0 bridgehead atoms. The van der Waals surface area contributed by atoms with Crippen LogP contribution < -0.4 is 0 Å². The highest BCUT2D eigenvalue weighted by Crippen LogP contribution is 2.34. The lowest BCUT2D eigenvalue weighted by molar-refractivity contribution is -0.141. The van der Waals surface area contributed by atoms with Crippen LogP contribution in [0.1, 0.15) is 23.7 Å². The number of aliphatic carboxylic acids is 1. The number of benzene rings is 1. The van der Waals surface area contributed by atoms with Crippen LogP contribution in [0.25, 0.3) is 0 Å². The molecule has 2 unspecified atom stereocenters. The van der Waals surface area contributed by atoms with Gasteiger partial charge in [0, 0.05) is 14.7 Å². The molecule has 1 aromatic rings. The summed E-state index contributed by atoms with van der Waals surface area (Å²) in [7, 11) is 0. The number of amides is 1. The molecule has 2 rings (SSSR count). The van der Waals surface area contributed by atoms with Crippen molar-refractivity contribution in [1.29, 1.82) is 0 Å². The van der Waals surface area contributed by atoms with Crippen molar-refractivity contribution >= 4 is 55.5 Å². The molecule has 1 aromatic carbocycles. The monoisotopic (exact) mass is 421 g/mol. The van der Waals surface area contributed by atoms with E-state index < -0.39 is 12.0 Å². The van der Waals surface area contributed by atoms with Gasteiger partial charge in [0.05, 0.1) is 10.9 Å². The number of thioether (sulfide) groups is 1. The lowest BCUT2D eigenvalue weighted by atomic mass is 10.1. The Hall–Kier alpha value is -0.530. The molecule has 1 N–H and O–H groups in total. The molecule has 1 aliphatic rings. The van der Waals surface area contributed by atoms with E-state index in [0.29, 0.717) is 15.8 Å². The molecule has 1 aliphatic heterocycles. The van der Waals surface area contributed by atoms with Crippen LogP contribution >= 0.6 is 43.6 Å². The second kappa shape index (κ2) is 6.49. The second-order valence-corrected chi connectivity index (χ2v) is 7.37. The number of carbonyl (C=O) groups excluding carboxylic acids is 1. The molecular formula is C13H13Br2NO3S. The summed E-state index contributed by atoms with van der Waals surface area (Å²) >= 11 is 8.21. The minimum Gasteiger partial charge on any atom is -0.480 e. The van der Waals surface area contributed by atoms with Crippen LogP contribution in [0.3, 0.4) is 0 Å². The van der Waals surface area contributed by atoms with Crippen molar-refractivity contribution < 1.29 is 14.7 Å². The minimum atomic E-state index is -0.951. The van der Waals surface area contributed by atoms with Crippen LogP contribution in [0.15, 0.2) is 27.1 Å². The number of nitrogens with zero attached hydrogens (tertiary/aromatic N) is 1. The van der Waals surface area contributed by atoms with Crippen molar-refractivity contribution in [2.75, 3.05) is 5.75 Å². The highest BCUT2D eigenvalue weighted by molar-refractivity contribution is 9.11. The summed E-state index contributed by atoms with van der Waals surface area (Å²) in [6, 6.07) is 4.55. The van der Waals surface area contributed by atoms with E-state index in [0.717, 1.165) is 10.9 Å². The Labute approximate surface area is 138 Å². The third-order valence-corrected chi connectivity index (χ3v) is 5.76. The predicted octanol–water partition coefficient (Wildman–Crippen LogP) is 3.59. The van der Waals surface area contributed by atoms with Crippen molar-refractivity contribution in [3.8, 4) is 0 Å². The highest BCUT2D eigenvalue weighted by Gasteiger charge is 2.41. The number of rotatable bonds is 3. The van der Waals surface area contributed by atoms with Gasteiger partial charge in [-0.3, -0.25) is 4.79 Å². The smallest absolute Gasteiger partial charge is 0.327 e. The van der Waals surface area contributed by atoms with Crippen LogP contribution in [0.5, 0.6) is 0 Å². The summed E-state index contributed by atoms with van der Waals surface area (Å²) in [5.41, 5.74) is 0.478. The largest absolute Gasteiger partial charge is 0.480 e. The SMILES string of the molecule is CCC1SCC(C(=O)O)N1C(=O)c1cc(Br)ccc1Br. The Balaban J connectivity index is 2.38. The highest BCUT2D eigenvalue weighted by atomic mass is 79.9. The van der Waals surface area contributed by atoms with Gasteiger partial charge in [-0.2, -0.15) is 0 Å². The van der Waals surface area contributed by atoms with Crippen molar-refractivity contribution in [3.63, 3.8) is 0 Å².